The lowest BCUT2D eigenvalue weighted by molar-refractivity contribution is -0.153. The predicted octanol–water partition coefficient (Wildman–Crippen LogP) is 1.30. The number of hydroxylamine groups is 2. The third kappa shape index (κ3) is 1.34. The average Bonchev–Trinajstić information content (AvgIpc) is 2.49. The molecule has 0 radical (unpaired) electrons. The summed E-state index contributed by atoms with van der Waals surface area (Å²) in [4.78, 5) is 11.3. The lowest BCUT2D eigenvalue weighted by Gasteiger charge is -2.05. The summed E-state index contributed by atoms with van der Waals surface area (Å²) in [5.41, 5.74) is 1.42. The molecule has 1 amide bonds. The van der Waals surface area contributed by atoms with Crippen LogP contribution in [0.4, 0.5) is 0 Å². The lowest BCUT2D eigenvalue weighted by Crippen LogP contribution is -2.21. The van der Waals surface area contributed by atoms with Gasteiger partial charge in [-0.3, -0.25) is 10.0 Å². The van der Waals surface area contributed by atoms with E-state index in [0.29, 0.717) is 10.6 Å². The first kappa shape index (κ1) is 8.01. The van der Waals surface area contributed by atoms with E-state index < -0.39 is 0 Å². The quantitative estimate of drug-likeness (QED) is 0.653. The van der Waals surface area contributed by atoms with Crippen LogP contribution in [0.15, 0.2) is 36.4 Å². The van der Waals surface area contributed by atoms with Gasteiger partial charge in [0.1, 0.15) is 0 Å². The summed E-state index contributed by atoms with van der Waals surface area (Å²) in [6.45, 7) is 0.281. The molecule has 0 bridgehead atoms. The van der Waals surface area contributed by atoms with Crippen molar-refractivity contribution in [3.63, 3.8) is 0 Å². The summed E-state index contributed by atoms with van der Waals surface area (Å²) < 4.78 is 0. The van der Waals surface area contributed by atoms with Crippen molar-refractivity contribution in [3.8, 4) is 0 Å². The molecule has 13 heavy (non-hydrogen) atoms. The van der Waals surface area contributed by atoms with Gasteiger partial charge in [-0.1, -0.05) is 30.3 Å². The summed E-state index contributed by atoms with van der Waals surface area (Å²) in [7, 11) is 0. The summed E-state index contributed by atoms with van der Waals surface area (Å²) >= 11 is 0. The Labute approximate surface area is 75.9 Å². The van der Waals surface area contributed by atoms with Crippen molar-refractivity contribution in [1.29, 1.82) is 0 Å². The maximum absolute atomic E-state index is 11.3. The van der Waals surface area contributed by atoms with Crippen LogP contribution in [0.5, 0.6) is 0 Å². The molecule has 1 aromatic rings. The molecule has 0 atom stereocenters. The number of nitrogens with zero attached hydrogens (tertiary/aromatic N) is 1. The Balaban J connectivity index is 2.34. The van der Waals surface area contributed by atoms with Crippen molar-refractivity contribution in [2.75, 3.05) is 6.54 Å². The highest BCUT2D eigenvalue weighted by Crippen LogP contribution is 2.20. The fourth-order valence-electron chi connectivity index (χ4n) is 1.35. The smallest absolute Gasteiger partial charge is 0.277 e. The molecule has 0 saturated heterocycles. The fourth-order valence-corrected chi connectivity index (χ4v) is 1.35. The zero-order chi connectivity index (χ0) is 9.26. The second kappa shape index (κ2) is 3.03. The molecule has 0 saturated carbocycles. The molecule has 1 aromatic carbocycles. The molecule has 0 fully saturated rings. The van der Waals surface area contributed by atoms with Gasteiger partial charge in [0.25, 0.3) is 5.91 Å². The largest absolute Gasteiger partial charge is 0.285 e. The standard InChI is InChI=1S/C10H9NO2/c12-10-9(6-7-11(10)13)8-4-2-1-3-5-8/h1-6,13H,7H2. The second-order valence-corrected chi connectivity index (χ2v) is 2.87. The zero-order valence-electron chi connectivity index (χ0n) is 6.97. The molecule has 1 aliphatic heterocycles. The van der Waals surface area contributed by atoms with E-state index in [4.69, 9.17) is 5.21 Å². The minimum atomic E-state index is -0.328. The van der Waals surface area contributed by atoms with Crippen molar-refractivity contribution in [2.45, 2.75) is 0 Å². The summed E-state index contributed by atoms with van der Waals surface area (Å²) in [6.07, 6.45) is 1.72. The maximum Gasteiger partial charge on any atom is 0.277 e. The minimum Gasteiger partial charge on any atom is -0.285 e. The van der Waals surface area contributed by atoms with Gasteiger partial charge >= 0.3 is 0 Å². The number of benzene rings is 1. The van der Waals surface area contributed by atoms with Gasteiger partial charge in [-0.25, -0.2) is 5.06 Å². The van der Waals surface area contributed by atoms with Crippen LogP contribution in [0.1, 0.15) is 5.56 Å². The highest BCUT2D eigenvalue weighted by atomic mass is 16.5. The van der Waals surface area contributed by atoms with E-state index in [-0.39, 0.29) is 12.5 Å². The Bertz CT molecular complexity index is 356. The molecule has 3 nitrogen and oxygen atoms in total. The molecular formula is C10H9NO2. The van der Waals surface area contributed by atoms with Crippen LogP contribution in [0.2, 0.25) is 0 Å². The Morgan fingerprint density at radius 1 is 1.23 bits per heavy atom. The number of hydrogen-bond acceptors (Lipinski definition) is 2. The molecule has 1 heterocycles. The number of hydrogen-bond donors (Lipinski definition) is 1. The van der Waals surface area contributed by atoms with E-state index in [1.807, 2.05) is 30.3 Å². The van der Waals surface area contributed by atoms with Crippen LogP contribution in [-0.4, -0.2) is 22.7 Å². The van der Waals surface area contributed by atoms with E-state index in [9.17, 15) is 4.79 Å². The van der Waals surface area contributed by atoms with Crippen molar-refractivity contribution < 1.29 is 10.0 Å². The minimum absolute atomic E-state index is 0.281. The van der Waals surface area contributed by atoms with Gasteiger partial charge in [0.15, 0.2) is 0 Å². The maximum atomic E-state index is 11.3. The van der Waals surface area contributed by atoms with Crippen LogP contribution in [-0.2, 0) is 4.79 Å². The van der Waals surface area contributed by atoms with Gasteiger partial charge in [-0.15, -0.1) is 0 Å². The molecule has 3 heteroatoms. The fraction of sp³-hybridized carbons (Fsp3) is 0.100. The molecule has 66 valence electrons. The highest BCUT2D eigenvalue weighted by Gasteiger charge is 2.22. The number of rotatable bonds is 1. The van der Waals surface area contributed by atoms with E-state index >= 15 is 0 Å². The zero-order valence-corrected chi connectivity index (χ0v) is 6.97. The number of carbonyl (C=O) groups is 1. The second-order valence-electron chi connectivity index (χ2n) is 2.87. The lowest BCUT2D eigenvalue weighted by atomic mass is 10.1. The molecular weight excluding hydrogens is 166 g/mol. The first-order valence-corrected chi connectivity index (χ1v) is 4.05. The van der Waals surface area contributed by atoms with Crippen LogP contribution < -0.4 is 0 Å². The van der Waals surface area contributed by atoms with Crippen LogP contribution in [0.3, 0.4) is 0 Å². The Kier molecular flexibility index (Phi) is 1.87. The van der Waals surface area contributed by atoms with Gasteiger partial charge in [0, 0.05) is 5.57 Å². The van der Waals surface area contributed by atoms with E-state index in [1.54, 1.807) is 6.08 Å². The third-order valence-corrected chi connectivity index (χ3v) is 2.02. The third-order valence-electron chi connectivity index (χ3n) is 2.02. The predicted molar refractivity (Wildman–Crippen MR) is 47.9 cm³/mol. The molecule has 0 unspecified atom stereocenters. The van der Waals surface area contributed by atoms with Crippen molar-refractivity contribution in [1.82, 2.24) is 5.06 Å². The number of amides is 1. The normalized spacial score (nSPS) is 16.2. The first-order chi connectivity index (χ1) is 6.29. The SMILES string of the molecule is O=C1C(c2ccccc2)=CCN1O. The molecule has 0 spiro atoms. The topological polar surface area (TPSA) is 40.5 Å². The van der Waals surface area contributed by atoms with Crippen LogP contribution >= 0.6 is 0 Å². The first-order valence-electron chi connectivity index (χ1n) is 4.05. The molecule has 0 aliphatic carbocycles. The van der Waals surface area contributed by atoms with Gasteiger partial charge < -0.3 is 0 Å². The van der Waals surface area contributed by atoms with Crippen molar-refractivity contribution >= 4 is 11.5 Å². The Morgan fingerprint density at radius 2 is 1.92 bits per heavy atom. The Hall–Kier alpha value is -1.61. The van der Waals surface area contributed by atoms with Gasteiger partial charge in [-0.2, -0.15) is 0 Å². The monoisotopic (exact) mass is 175 g/mol. The Morgan fingerprint density at radius 3 is 2.46 bits per heavy atom. The van der Waals surface area contributed by atoms with E-state index in [0.717, 1.165) is 5.56 Å². The summed E-state index contributed by atoms with van der Waals surface area (Å²) in [6, 6.07) is 9.32. The van der Waals surface area contributed by atoms with Crippen molar-refractivity contribution in [2.24, 2.45) is 0 Å². The average molecular weight is 175 g/mol. The molecule has 2 rings (SSSR count). The number of carbonyl (C=O) groups excluding carboxylic acids is 1. The van der Waals surface area contributed by atoms with Crippen LogP contribution in [0, 0.1) is 0 Å². The van der Waals surface area contributed by atoms with E-state index in [1.165, 1.54) is 0 Å². The summed E-state index contributed by atoms with van der Waals surface area (Å²) in [5.74, 6) is -0.328. The molecule has 0 aromatic heterocycles. The van der Waals surface area contributed by atoms with Gasteiger partial charge in [0.2, 0.25) is 0 Å². The van der Waals surface area contributed by atoms with Gasteiger partial charge in [0.05, 0.1) is 6.54 Å². The molecule has 1 aliphatic rings. The highest BCUT2D eigenvalue weighted by molar-refractivity contribution is 6.20. The van der Waals surface area contributed by atoms with Gasteiger partial charge in [-0.05, 0) is 11.6 Å². The molecule has 1 N–H and O–H groups in total. The summed E-state index contributed by atoms with van der Waals surface area (Å²) in [5, 5.41) is 9.77. The van der Waals surface area contributed by atoms with Crippen molar-refractivity contribution in [3.05, 3.63) is 42.0 Å². The van der Waals surface area contributed by atoms with Crippen LogP contribution in [0.25, 0.3) is 5.57 Å². The van der Waals surface area contributed by atoms with E-state index in [2.05, 4.69) is 0 Å².